The number of nitrogens with two attached hydrogens (primary N) is 1. The number of amides is 1. The Balaban J connectivity index is 2.61. The Hall–Kier alpha value is -1.44. The van der Waals surface area contributed by atoms with E-state index in [2.05, 4.69) is 23.9 Å². The third-order valence-corrected chi connectivity index (χ3v) is 5.32. The number of carbonyl (C=O) groups excluding carboxylic acids is 1. The second-order valence-electron chi connectivity index (χ2n) is 6.76. The largest absolute Gasteiger partial charge is 0.350 e. The zero-order valence-corrected chi connectivity index (χ0v) is 15.7. The van der Waals surface area contributed by atoms with Gasteiger partial charge in [0.05, 0.1) is 4.90 Å². The van der Waals surface area contributed by atoms with Crippen molar-refractivity contribution in [2.45, 2.75) is 50.5 Å². The van der Waals surface area contributed by atoms with Crippen LogP contribution < -0.4 is 15.8 Å². The van der Waals surface area contributed by atoms with Gasteiger partial charge in [0.1, 0.15) is 0 Å². The van der Waals surface area contributed by atoms with Gasteiger partial charge in [-0.3, -0.25) is 4.79 Å². The first-order valence-electron chi connectivity index (χ1n) is 8.15. The molecule has 0 saturated carbocycles. The molecule has 1 amide bonds. The van der Waals surface area contributed by atoms with Crippen LogP contribution in [0.4, 0.5) is 0 Å². The van der Waals surface area contributed by atoms with Crippen LogP contribution in [0.2, 0.25) is 0 Å². The number of hydrogen-bond acceptors (Lipinski definition) is 4. The van der Waals surface area contributed by atoms with Gasteiger partial charge < -0.3 is 11.1 Å². The Labute approximate surface area is 145 Å². The number of aryl methyl sites for hydroxylation is 1. The van der Waals surface area contributed by atoms with E-state index in [0.717, 1.165) is 12.0 Å². The van der Waals surface area contributed by atoms with E-state index < -0.39 is 15.6 Å². The van der Waals surface area contributed by atoms with E-state index in [9.17, 15) is 13.2 Å². The molecule has 6 nitrogen and oxygen atoms in total. The van der Waals surface area contributed by atoms with Crippen LogP contribution in [0.3, 0.4) is 0 Å². The van der Waals surface area contributed by atoms with Crippen molar-refractivity contribution in [3.05, 3.63) is 29.8 Å². The monoisotopic (exact) mass is 355 g/mol. The maximum absolute atomic E-state index is 12.2. The second kappa shape index (κ2) is 8.60. The van der Waals surface area contributed by atoms with Crippen molar-refractivity contribution in [3.63, 3.8) is 0 Å². The van der Waals surface area contributed by atoms with Gasteiger partial charge in [0.15, 0.2) is 0 Å². The maximum Gasteiger partial charge on any atom is 0.240 e. The molecule has 0 fully saturated rings. The maximum atomic E-state index is 12.2. The highest BCUT2D eigenvalue weighted by Gasteiger charge is 2.25. The van der Waals surface area contributed by atoms with Gasteiger partial charge in [-0.1, -0.05) is 26.0 Å². The Morgan fingerprint density at radius 1 is 1.25 bits per heavy atom. The molecule has 0 aromatic heterocycles. The zero-order chi connectivity index (χ0) is 18.4. The molecule has 136 valence electrons. The van der Waals surface area contributed by atoms with E-state index in [1.54, 1.807) is 24.3 Å². The molecular formula is C17H29N3O3S. The molecule has 1 aromatic rings. The molecule has 1 unspecified atom stereocenters. The summed E-state index contributed by atoms with van der Waals surface area (Å²) in [5.41, 5.74) is 6.33. The van der Waals surface area contributed by atoms with E-state index >= 15 is 0 Å². The van der Waals surface area contributed by atoms with Crippen molar-refractivity contribution in [1.82, 2.24) is 10.0 Å². The summed E-state index contributed by atoms with van der Waals surface area (Å²) in [6, 6.07) is 6.55. The molecule has 1 aromatic carbocycles. The van der Waals surface area contributed by atoms with Crippen LogP contribution in [-0.4, -0.2) is 33.5 Å². The number of benzene rings is 1. The Kier molecular flexibility index (Phi) is 7.38. The van der Waals surface area contributed by atoms with E-state index in [4.69, 9.17) is 5.73 Å². The molecule has 0 bridgehead atoms. The van der Waals surface area contributed by atoms with Gasteiger partial charge in [0.25, 0.3) is 0 Å². The van der Waals surface area contributed by atoms with Gasteiger partial charge in [0.2, 0.25) is 15.9 Å². The second-order valence-corrected chi connectivity index (χ2v) is 8.65. The standard InChI is InChI=1S/C17H29N3O3S/c1-13(2)11-17(3,12-18)20-16(21)10-7-14-5-8-15(9-6-14)24(22,23)19-4/h5-6,8-9,13,19H,7,10-12,18H2,1-4H3,(H,20,21). The van der Waals surface area contributed by atoms with Gasteiger partial charge in [-0.15, -0.1) is 0 Å². The van der Waals surface area contributed by atoms with Crippen LogP contribution in [-0.2, 0) is 21.2 Å². The summed E-state index contributed by atoms with van der Waals surface area (Å²) in [6.07, 6.45) is 1.71. The van der Waals surface area contributed by atoms with Crippen molar-refractivity contribution < 1.29 is 13.2 Å². The van der Waals surface area contributed by atoms with E-state index in [1.807, 2.05) is 6.92 Å². The normalized spacial score (nSPS) is 14.4. The quantitative estimate of drug-likeness (QED) is 0.623. The molecule has 1 atom stereocenters. The molecule has 24 heavy (non-hydrogen) atoms. The van der Waals surface area contributed by atoms with E-state index in [1.165, 1.54) is 7.05 Å². The number of nitrogens with one attached hydrogen (secondary N) is 2. The van der Waals surface area contributed by atoms with E-state index in [-0.39, 0.29) is 10.8 Å². The summed E-state index contributed by atoms with van der Waals surface area (Å²) in [4.78, 5) is 12.4. The molecule has 1 rings (SSSR count). The average molecular weight is 356 g/mol. The number of hydrogen-bond donors (Lipinski definition) is 3. The minimum Gasteiger partial charge on any atom is -0.350 e. The smallest absolute Gasteiger partial charge is 0.240 e. The van der Waals surface area contributed by atoms with Crippen molar-refractivity contribution in [2.24, 2.45) is 11.7 Å². The van der Waals surface area contributed by atoms with Gasteiger partial charge in [-0.25, -0.2) is 13.1 Å². The fraction of sp³-hybridized carbons (Fsp3) is 0.588. The summed E-state index contributed by atoms with van der Waals surface area (Å²) in [5, 5.41) is 3.02. The van der Waals surface area contributed by atoms with Crippen molar-refractivity contribution in [1.29, 1.82) is 0 Å². The molecule has 0 heterocycles. The molecule has 7 heteroatoms. The molecule has 0 radical (unpaired) electrons. The summed E-state index contributed by atoms with van der Waals surface area (Å²) >= 11 is 0. The molecular weight excluding hydrogens is 326 g/mol. The number of rotatable bonds is 9. The van der Waals surface area contributed by atoms with Crippen LogP contribution in [0.15, 0.2) is 29.2 Å². The third-order valence-electron chi connectivity index (χ3n) is 3.89. The highest BCUT2D eigenvalue weighted by Crippen LogP contribution is 2.16. The predicted octanol–water partition coefficient (Wildman–Crippen LogP) is 1.41. The number of sulfonamides is 1. The zero-order valence-electron chi connectivity index (χ0n) is 14.9. The van der Waals surface area contributed by atoms with Crippen molar-refractivity contribution >= 4 is 15.9 Å². The summed E-state index contributed by atoms with van der Waals surface area (Å²) in [5.74, 6) is 0.399. The van der Waals surface area contributed by atoms with Crippen LogP contribution in [0, 0.1) is 5.92 Å². The van der Waals surface area contributed by atoms with Crippen LogP contribution >= 0.6 is 0 Å². The predicted molar refractivity (Wildman–Crippen MR) is 96.1 cm³/mol. The number of carbonyl (C=O) groups is 1. The van der Waals surface area contributed by atoms with Crippen molar-refractivity contribution in [2.75, 3.05) is 13.6 Å². The van der Waals surface area contributed by atoms with Crippen molar-refractivity contribution in [3.8, 4) is 0 Å². The van der Waals surface area contributed by atoms with Crippen LogP contribution in [0.1, 0.15) is 39.2 Å². The lowest BCUT2D eigenvalue weighted by Crippen LogP contribution is -2.52. The third kappa shape index (κ3) is 6.22. The van der Waals surface area contributed by atoms with Crippen LogP contribution in [0.25, 0.3) is 0 Å². The van der Waals surface area contributed by atoms with Crippen LogP contribution in [0.5, 0.6) is 0 Å². The lowest BCUT2D eigenvalue weighted by atomic mass is 9.90. The highest BCUT2D eigenvalue weighted by atomic mass is 32.2. The minimum absolute atomic E-state index is 0.0458. The molecule has 4 N–H and O–H groups in total. The summed E-state index contributed by atoms with van der Waals surface area (Å²) < 4.78 is 25.6. The van der Waals surface area contributed by atoms with Gasteiger partial charge in [0, 0.05) is 18.5 Å². The average Bonchev–Trinajstić information content (AvgIpc) is 2.52. The Morgan fingerprint density at radius 3 is 2.29 bits per heavy atom. The SMILES string of the molecule is CNS(=O)(=O)c1ccc(CCC(=O)NC(C)(CN)CC(C)C)cc1. The van der Waals surface area contributed by atoms with Gasteiger partial charge in [-0.2, -0.15) is 0 Å². The van der Waals surface area contributed by atoms with Gasteiger partial charge >= 0.3 is 0 Å². The molecule has 0 spiro atoms. The molecule has 0 saturated heterocycles. The first-order chi connectivity index (χ1) is 11.1. The van der Waals surface area contributed by atoms with E-state index in [0.29, 0.717) is 25.3 Å². The summed E-state index contributed by atoms with van der Waals surface area (Å²) in [7, 11) is -2.05. The molecule has 0 aliphatic heterocycles. The minimum atomic E-state index is -3.43. The Morgan fingerprint density at radius 2 is 1.83 bits per heavy atom. The molecule has 0 aliphatic carbocycles. The highest BCUT2D eigenvalue weighted by molar-refractivity contribution is 7.89. The fourth-order valence-electron chi connectivity index (χ4n) is 2.70. The lowest BCUT2D eigenvalue weighted by Gasteiger charge is -2.31. The lowest BCUT2D eigenvalue weighted by molar-refractivity contribution is -0.122. The first-order valence-corrected chi connectivity index (χ1v) is 9.64. The van der Waals surface area contributed by atoms with Gasteiger partial charge in [-0.05, 0) is 50.4 Å². The Bertz CT molecular complexity index is 642. The topological polar surface area (TPSA) is 101 Å². The molecule has 0 aliphatic rings. The summed E-state index contributed by atoms with van der Waals surface area (Å²) in [6.45, 7) is 6.55. The first kappa shape index (κ1) is 20.6. The fourth-order valence-corrected chi connectivity index (χ4v) is 3.43.